The summed E-state index contributed by atoms with van der Waals surface area (Å²) in [6.07, 6.45) is -1.32. The van der Waals surface area contributed by atoms with Gasteiger partial charge in [0, 0.05) is 28.0 Å². The van der Waals surface area contributed by atoms with Crippen molar-refractivity contribution < 1.29 is 55.7 Å². The molecule has 0 radical (unpaired) electrons. The van der Waals surface area contributed by atoms with Gasteiger partial charge in [-0.2, -0.15) is 32.9 Å². The van der Waals surface area contributed by atoms with Crippen LogP contribution in [0.4, 0.5) is 33.3 Å². The van der Waals surface area contributed by atoms with Gasteiger partial charge in [0.05, 0.1) is 34.1 Å². The van der Waals surface area contributed by atoms with E-state index < -0.39 is 65.7 Å². The number of aromatic nitrogens is 3. The van der Waals surface area contributed by atoms with E-state index >= 15 is 0 Å². The van der Waals surface area contributed by atoms with Crippen molar-refractivity contribution in [2.24, 2.45) is 15.3 Å². The standard InChI is InChI=1S/C27H26FN9O11S3/c1-2-50(41,42)11-10-29-26-31-25(28)32-27(33-26)30-21-13-19(51(43,44)45)14-22(23(21)38)35-37-24(16-6-4-3-5-7-16)36-34-20-12-18(49-48-47-40)9-8-17(20)15-46-39/h2-9,12-14,35,38-40H,1,10-11,15H2,(H,43,44,45)(H2,29,30,31,32,33). The van der Waals surface area contributed by atoms with E-state index in [1.54, 1.807) is 36.4 Å². The van der Waals surface area contributed by atoms with E-state index in [2.05, 4.69) is 67.2 Å². The van der Waals surface area contributed by atoms with Gasteiger partial charge in [0.2, 0.25) is 17.7 Å². The molecule has 0 aliphatic rings. The number of sulfone groups is 1. The number of nitrogens with one attached hydrogen (secondary N) is 3. The average Bonchev–Trinajstić information content (AvgIpc) is 3.09. The number of halogens is 1. The zero-order chi connectivity index (χ0) is 37.0. The summed E-state index contributed by atoms with van der Waals surface area (Å²) >= 11 is 0.628. The molecule has 1 aromatic heterocycles. The zero-order valence-electron chi connectivity index (χ0n) is 25.6. The van der Waals surface area contributed by atoms with Crippen molar-refractivity contribution in [1.29, 1.82) is 0 Å². The molecule has 0 atom stereocenters. The van der Waals surface area contributed by atoms with Crippen LogP contribution in [0.5, 0.6) is 5.75 Å². The SMILES string of the molecule is C=CS(=O)(=O)CCNc1nc(F)nc(Nc2cc(S(=O)(=O)O)cc(NN=C(N=Nc3cc(SOOO)ccc3COO)c3ccccc3)c2O)n1. The molecular formula is C27H26FN9O11S3. The number of hydrazone groups is 1. The van der Waals surface area contributed by atoms with Crippen LogP contribution in [0.3, 0.4) is 0 Å². The number of anilines is 4. The highest BCUT2D eigenvalue weighted by atomic mass is 32.2. The Kier molecular flexibility index (Phi) is 13.4. The van der Waals surface area contributed by atoms with Crippen LogP contribution in [0.15, 0.2) is 97.8 Å². The maximum absolute atomic E-state index is 14.3. The minimum Gasteiger partial charge on any atom is -0.504 e. The van der Waals surface area contributed by atoms with E-state index in [0.29, 0.717) is 28.1 Å². The van der Waals surface area contributed by atoms with Crippen molar-refractivity contribution in [3.8, 4) is 5.75 Å². The second-order valence-electron chi connectivity index (χ2n) is 9.58. The van der Waals surface area contributed by atoms with Gasteiger partial charge in [0.1, 0.15) is 12.3 Å². The highest BCUT2D eigenvalue weighted by Gasteiger charge is 2.19. The van der Waals surface area contributed by atoms with Crippen LogP contribution >= 0.6 is 12.0 Å². The van der Waals surface area contributed by atoms with Crippen LogP contribution in [0.25, 0.3) is 0 Å². The van der Waals surface area contributed by atoms with Crippen LogP contribution < -0.4 is 16.1 Å². The minimum atomic E-state index is -4.91. The summed E-state index contributed by atoms with van der Waals surface area (Å²) in [6, 6.07) is 14.4. The maximum atomic E-state index is 14.3. The monoisotopic (exact) mass is 767 g/mol. The van der Waals surface area contributed by atoms with Gasteiger partial charge in [-0.15, -0.1) is 14.6 Å². The first-order chi connectivity index (χ1) is 24.3. The number of hydrogen-bond donors (Lipinski definition) is 7. The van der Waals surface area contributed by atoms with Crippen molar-refractivity contribution in [3.05, 3.63) is 89.9 Å². The van der Waals surface area contributed by atoms with Crippen molar-refractivity contribution in [2.75, 3.05) is 28.4 Å². The van der Waals surface area contributed by atoms with Crippen molar-refractivity contribution in [2.45, 2.75) is 16.4 Å². The minimum absolute atomic E-state index is 0.126. The number of hydrogen-bond acceptors (Lipinski definition) is 19. The molecule has 0 saturated carbocycles. The topological polar surface area (TPSA) is 289 Å². The first-order valence-corrected chi connectivity index (χ1v) is 17.7. The molecule has 1 heterocycles. The summed E-state index contributed by atoms with van der Waals surface area (Å²) in [6.45, 7) is 2.67. The molecule has 0 spiro atoms. The second-order valence-corrected chi connectivity index (χ2v) is 13.8. The van der Waals surface area contributed by atoms with Gasteiger partial charge in [0.15, 0.2) is 15.6 Å². The molecule has 0 aliphatic carbocycles. The molecule has 0 unspecified atom stereocenters. The van der Waals surface area contributed by atoms with Crippen molar-refractivity contribution in [1.82, 2.24) is 15.0 Å². The number of nitrogens with zero attached hydrogens (tertiary/aromatic N) is 6. The van der Waals surface area contributed by atoms with Gasteiger partial charge >= 0.3 is 6.08 Å². The molecule has 0 bridgehead atoms. The second kappa shape index (κ2) is 17.7. The van der Waals surface area contributed by atoms with Crippen LogP contribution in [0.2, 0.25) is 0 Å². The smallest absolute Gasteiger partial charge is 0.315 e. The molecule has 51 heavy (non-hydrogen) atoms. The normalized spacial score (nSPS) is 12.2. The molecule has 4 rings (SSSR count). The number of azo groups is 1. The molecule has 7 N–H and O–H groups in total. The van der Waals surface area contributed by atoms with E-state index in [9.17, 15) is 30.9 Å². The largest absolute Gasteiger partial charge is 0.504 e. The average molecular weight is 768 g/mol. The third-order valence-electron chi connectivity index (χ3n) is 6.16. The maximum Gasteiger partial charge on any atom is 0.315 e. The molecule has 270 valence electrons. The molecule has 3 aromatic carbocycles. The summed E-state index contributed by atoms with van der Waals surface area (Å²) in [7, 11) is -8.51. The summed E-state index contributed by atoms with van der Waals surface area (Å²) in [4.78, 5) is 14.6. The summed E-state index contributed by atoms with van der Waals surface area (Å²) < 4.78 is 76.1. The number of phenols is 1. The lowest BCUT2D eigenvalue weighted by Gasteiger charge is -2.13. The molecule has 0 saturated heterocycles. The molecule has 20 nitrogen and oxygen atoms in total. The fourth-order valence-corrected chi connectivity index (χ4v) is 5.29. The molecular weight excluding hydrogens is 742 g/mol. The van der Waals surface area contributed by atoms with Gasteiger partial charge in [0.25, 0.3) is 10.1 Å². The van der Waals surface area contributed by atoms with E-state index in [1.807, 2.05) is 0 Å². The quantitative estimate of drug-likeness (QED) is 0.0112. The van der Waals surface area contributed by atoms with Crippen LogP contribution in [0.1, 0.15) is 11.1 Å². The third kappa shape index (κ3) is 11.4. The molecule has 0 aliphatic heterocycles. The van der Waals surface area contributed by atoms with Crippen LogP contribution in [0, 0.1) is 6.08 Å². The van der Waals surface area contributed by atoms with Crippen LogP contribution in [-0.4, -0.2) is 70.1 Å². The molecule has 0 amide bonds. The van der Waals surface area contributed by atoms with Crippen LogP contribution in [-0.2, 0) is 40.8 Å². The highest BCUT2D eigenvalue weighted by Crippen LogP contribution is 2.37. The van der Waals surface area contributed by atoms with Crippen molar-refractivity contribution >= 4 is 66.8 Å². The first-order valence-electron chi connectivity index (χ1n) is 13.8. The lowest BCUT2D eigenvalue weighted by Crippen LogP contribution is -2.16. The Morgan fingerprint density at radius 2 is 1.73 bits per heavy atom. The fourth-order valence-electron chi connectivity index (χ4n) is 3.81. The van der Waals surface area contributed by atoms with Gasteiger partial charge < -0.3 is 15.7 Å². The number of aromatic hydroxyl groups is 1. The Balaban J connectivity index is 1.71. The predicted molar refractivity (Wildman–Crippen MR) is 179 cm³/mol. The third-order valence-corrected chi connectivity index (χ3v) is 8.85. The van der Waals surface area contributed by atoms with Gasteiger partial charge in [-0.05, 0) is 24.3 Å². The highest BCUT2D eigenvalue weighted by molar-refractivity contribution is 7.94. The summed E-state index contributed by atoms with van der Waals surface area (Å²) in [5.41, 5.74) is 2.50. The predicted octanol–water partition coefficient (Wildman–Crippen LogP) is 4.65. The first kappa shape index (κ1) is 38.6. The zero-order valence-corrected chi connectivity index (χ0v) is 28.1. The number of benzene rings is 3. The van der Waals surface area contributed by atoms with Crippen molar-refractivity contribution in [3.63, 3.8) is 0 Å². The van der Waals surface area contributed by atoms with Gasteiger partial charge in [-0.3, -0.25) is 15.2 Å². The summed E-state index contributed by atoms with van der Waals surface area (Å²) in [5, 5.41) is 50.3. The van der Waals surface area contributed by atoms with E-state index in [4.69, 9.17) is 10.5 Å². The molecule has 0 fully saturated rings. The van der Waals surface area contributed by atoms with E-state index in [1.165, 1.54) is 12.1 Å². The number of phenolic OH excluding ortho intramolecular Hbond substituents is 1. The summed E-state index contributed by atoms with van der Waals surface area (Å²) in [5.74, 6) is -2.20. The number of rotatable bonds is 17. The van der Waals surface area contributed by atoms with E-state index in [-0.39, 0.29) is 24.7 Å². The molecule has 24 heteroatoms. The Morgan fingerprint density at radius 3 is 2.41 bits per heavy atom. The van der Waals surface area contributed by atoms with E-state index in [0.717, 1.165) is 17.5 Å². The fraction of sp³-hybridized carbons (Fsp3) is 0.111. The Morgan fingerprint density at radius 1 is 1.00 bits per heavy atom. The Labute approximate surface area is 292 Å². The lowest BCUT2D eigenvalue weighted by atomic mass is 10.2. The Bertz CT molecular complexity index is 2140. The number of amidine groups is 1. The lowest BCUT2D eigenvalue weighted by molar-refractivity contribution is -0.432. The molecule has 4 aromatic rings. The van der Waals surface area contributed by atoms with Gasteiger partial charge in [-0.25, -0.2) is 18.6 Å². The van der Waals surface area contributed by atoms with Gasteiger partial charge in [-0.1, -0.05) is 48.0 Å². The Hall–Kier alpha value is -5.18.